The van der Waals surface area contributed by atoms with E-state index in [1.807, 2.05) is 6.07 Å². The highest BCUT2D eigenvalue weighted by Crippen LogP contribution is 2.18. The highest BCUT2D eigenvalue weighted by molar-refractivity contribution is 9.10. The van der Waals surface area contributed by atoms with Crippen LogP contribution in [0.1, 0.15) is 19.4 Å². The van der Waals surface area contributed by atoms with E-state index in [4.69, 9.17) is 0 Å². The molecule has 0 amide bonds. The normalized spacial score (nSPS) is 12.8. The summed E-state index contributed by atoms with van der Waals surface area (Å²) in [5.74, 6) is -0.175. The molecule has 0 aliphatic rings. The minimum atomic E-state index is -0.175. The van der Waals surface area contributed by atoms with Gasteiger partial charge in [0.25, 0.3) is 0 Å². The van der Waals surface area contributed by atoms with Gasteiger partial charge in [-0.3, -0.25) is 0 Å². The predicted octanol–water partition coefficient (Wildman–Crippen LogP) is 2.68. The Hall–Kier alpha value is -0.450. The van der Waals surface area contributed by atoms with Crippen LogP contribution < -0.4 is 10.6 Å². The van der Waals surface area contributed by atoms with Crippen molar-refractivity contribution in [1.29, 1.82) is 0 Å². The average molecular weight is 289 g/mol. The minimum absolute atomic E-state index is 0.175. The van der Waals surface area contributed by atoms with Gasteiger partial charge in [0.05, 0.1) is 4.47 Å². The number of hydrogen-bond donors (Lipinski definition) is 2. The Morgan fingerprint density at radius 2 is 2.19 bits per heavy atom. The largest absolute Gasteiger partial charge is 0.315 e. The van der Waals surface area contributed by atoms with Gasteiger partial charge in [0.1, 0.15) is 5.82 Å². The van der Waals surface area contributed by atoms with Crippen molar-refractivity contribution in [2.75, 3.05) is 13.1 Å². The van der Waals surface area contributed by atoms with Crippen LogP contribution in [0.2, 0.25) is 0 Å². The van der Waals surface area contributed by atoms with Crippen LogP contribution in [-0.2, 0) is 6.54 Å². The van der Waals surface area contributed by atoms with Gasteiger partial charge in [0.15, 0.2) is 0 Å². The Balaban J connectivity index is 2.45. The SMILES string of the molecule is CCNCC(C)NCc1cccc(Br)c1F. The second kappa shape index (κ2) is 6.99. The van der Waals surface area contributed by atoms with Gasteiger partial charge < -0.3 is 10.6 Å². The van der Waals surface area contributed by atoms with Crippen LogP contribution in [0, 0.1) is 5.82 Å². The van der Waals surface area contributed by atoms with E-state index in [1.54, 1.807) is 12.1 Å². The van der Waals surface area contributed by atoms with Gasteiger partial charge >= 0.3 is 0 Å². The van der Waals surface area contributed by atoms with Gasteiger partial charge in [-0.05, 0) is 35.5 Å². The summed E-state index contributed by atoms with van der Waals surface area (Å²) in [4.78, 5) is 0. The Labute approximate surface area is 105 Å². The van der Waals surface area contributed by atoms with Crippen molar-refractivity contribution in [2.45, 2.75) is 26.4 Å². The number of likely N-dealkylation sites (N-methyl/N-ethyl adjacent to an activating group) is 1. The number of halogens is 2. The minimum Gasteiger partial charge on any atom is -0.315 e. The lowest BCUT2D eigenvalue weighted by molar-refractivity contribution is 0.497. The molecule has 0 heterocycles. The molecule has 1 rings (SSSR count). The van der Waals surface area contributed by atoms with Crippen molar-refractivity contribution in [3.8, 4) is 0 Å². The zero-order valence-electron chi connectivity index (χ0n) is 9.69. The van der Waals surface area contributed by atoms with Crippen molar-refractivity contribution in [3.63, 3.8) is 0 Å². The molecular formula is C12H18BrFN2. The second-order valence-corrected chi connectivity index (χ2v) is 4.66. The van der Waals surface area contributed by atoms with Crippen molar-refractivity contribution in [3.05, 3.63) is 34.1 Å². The van der Waals surface area contributed by atoms with Crippen molar-refractivity contribution < 1.29 is 4.39 Å². The molecular weight excluding hydrogens is 271 g/mol. The third kappa shape index (κ3) is 4.20. The van der Waals surface area contributed by atoms with E-state index in [1.165, 1.54) is 0 Å². The van der Waals surface area contributed by atoms with Gasteiger partial charge in [-0.25, -0.2) is 4.39 Å². The highest BCUT2D eigenvalue weighted by Gasteiger charge is 2.06. The predicted molar refractivity (Wildman–Crippen MR) is 68.9 cm³/mol. The van der Waals surface area contributed by atoms with Gasteiger partial charge in [0, 0.05) is 24.7 Å². The molecule has 1 atom stereocenters. The van der Waals surface area contributed by atoms with E-state index < -0.39 is 0 Å². The van der Waals surface area contributed by atoms with E-state index in [0.717, 1.165) is 13.1 Å². The van der Waals surface area contributed by atoms with Crippen LogP contribution in [0.5, 0.6) is 0 Å². The van der Waals surface area contributed by atoms with Crippen molar-refractivity contribution >= 4 is 15.9 Å². The Kier molecular flexibility index (Phi) is 5.95. The topological polar surface area (TPSA) is 24.1 Å². The first-order valence-corrected chi connectivity index (χ1v) is 6.31. The molecule has 1 unspecified atom stereocenters. The Bertz CT molecular complexity index is 331. The Morgan fingerprint density at radius 3 is 2.88 bits per heavy atom. The van der Waals surface area contributed by atoms with Crippen LogP contribution in [-0.4, -0.2) is 19.1 Å². The third-order valence-electron chi connectivity index (χ3n) is 2.37. The maximum atomic E-state index is 13.6. The summed E-state index contributed by atoms with van der Waals surface area (Å²) in [7, 11) is 0. The molecule has 0 radical (unpaired) electrons. The van der Waals surface area contributed by atoms with Gasteiger partial charge in [-0.1, -0.05) is 19.1 Å². The number of hydrogen-bond acceptors (Lipinski definition) is 2. The first-order chi connectivity index (χ1) is 7.65. The van der Waals surface area contributed by atoms with Crippen LogP contribution in [0.4, 0.5) is 4.39 Å². The number of rotatable bonds is 6. The van der Waals surface area contributed by atoms with E-state index in [0.29, 0.717) is 22.6 Å². The van der Waals surface area contributed by atoms with Gasteiger partial charge in [0.2, 0.25) is 0 Å². The van der Waals surface area contributed by atoms with Crippen LogP contribution in [0.25, 0.3) is 0 Å². The standard InChI is InChI=1S/C12H18BrFN2/c1-3-15-7-9(2)16-8-10-5-4-6-11(13)12(10)14/h4-6,9,15-16H,3,7-8H2,1-2H3. The van der Waals surface area contributed by atoms with Crippen LogP contribution in [0.15, 0.2) is 22.7 Å². The zero-order chi connectivity index (χ0) is 12.0. The van der Waals surface area contributed by atoms with Crippen LogP contribution >= 0.6 is 15.9 Å². The number of nitrogens with one attached hydrogen (secondary N) is 2. The molecule has 0 aliphatic heterocycles. The molecule has 0 aliphatic carbocycles. The summed E-state index contributed by atoms with van der Waals surface area (Å²) in [5, 5.41) is 6.52. The Morgan fingerprint density at radius 1 is 1.44 bits per heavy atom. The molecule has 0 fully saturated rings. The summed E-state index contributed by atoms with van der Waals surface area (Å²) >= 11 is 3.18. The summed E-state index contributed by atoms with van der Waals surface area (Å²) in [5.41, 5.74) is 0.692. The first kappa shape index (κ1) is 13.6. The number of benzene rings is 1. The lowest BCUT2D eigenvalue weighted by Gasteiger charge is -2.14. The maximum absolute atomic E-state index is 13.6. The molecule has 1 aromatic carbocycles. The van der Waals surface area contributed by atoms with E-state index in [2.05, 4.69) is 40.4 Å². The first-order valence-electron chi connectivity index (χ1n) is 5.52. The van der Waals surface area contributed by atoms with E-state index in [9.17, 15) is 4.39 Å². The monoisotopic (exact) mass is 288 g/mol. The fourth-order valence-electron chi connectivity index (χ4n) is 1.40. The smallest absolute Gasteiger partial charge is 0.141 e. The molecule has 4 heteroatoms. The molecule has 1 aromatic rings. The van der Waals surface area contributed by atoms with Gasteiger partial charge in [-0.2, -0.15) is 0 Å². The molecule has 0 spiro atoms. The van der Waals surface area contributed by atoms with Crippen molar-refractivity contribution in [1.82, 2.24) is 10.6 Å². The second-order valence-electron chi connectivity index (χ2n) is 3.80. The highest BCUT2D eigenvalue weighted by atomic mass is 79.9. The summed E-state index contributed by atoms with van der Waals surface area (Å²) in [6, 6.07) is 5.69. The summed E-state index contributed by atoms with van der Waals surface area (Å²) < 4.78 is 14.1. The fourth-order valence-corrected chi connectivity index (χ4v) is 1.81. The fraction of sp³-hybridized carbons (Fsp3) is 0.500. The summed E-state index contributed by atoms with van der Waals surface area (Å²) in [6.45, 7) is 6.56. The molecule has 90 valence electrons. The van der Waals surface area contributed by atoms with Crippen LogP contribution in [0.3, 0.4) is 0 Å². The zero-order valence-corrected chi connectivity index (χ0v) is 11.3. The maximum Gasteiger partial charge on any atom is 0.141 e. The average Bonchev–Trinajstić information content (AvgIpc) is 2.28. The lowest BCUT2D eigenvalue weighted by Crippen LogP contribution is -2.35. The lowest BCUT2D eigenvalue weighted by atomic mass is 10.2. The molecule has 2 nitrogen and oxygen atoms in total. The van der Waals surface area contributed by atoms with E-state index >= 15 is 0 Å². The van der Waals surface area contributed by atoms with Crippen molar-refractivity contribution in [2.24, 2.45) is 0 Å². The quantitative estimate of drug-likeness (QED) is 0.841. The van der Waals surface area contributed by atoms with E-state index in [-0.39, 0.29) is 5.82 Å². The third-order valence-corrected chi connectivity index (χ3v) is 2.99. The molecule has 0 saturated heterocycles. The molecule has 0 bridgehead atoms. The molecule has 0 aromatic heterocycles. The summed E-state index contributed by atoms with van der Waals surface area (Å²) in [6.07, 6.45) is 0. The molecule has 2 N–H and O–H groups in total. The molecule has 0 saturated carbocycles. The molecule has 16 heavy (non-hydrogen) atoms. The van der Waals surface area contributed by atoms with Gasteiger partial charge in [-0.15, -0.1) is 0 Å².